The van der Waals surface area contributed by atoms with Gasteiger partial charge < -0.3 is 9.83 Å². The minimum atomic E-state index is -1.30. The first-order valence-corrected chi connectivity index (χ1v) is 4.55. The molecular weight excluding hydrogens is 195 g/mol. The molecule has 0 saturated carbocycles. The van der Waals surface area contributed by atoms with Crippen molar-refractivity contribution in [2.75, 3.05) is 11.0 Å². The molecule has 1 aromatic rings. The van der Waals surface area contributed by atoms with Crippen molar-refractivity contribution >= 4 is 23.7 Å². The number of pyridine rings is 1. The van der Waals surface area contributed by atoms with Crippen LogP contribution in [0.4, 0.5) is 10.2 Å². The highest BCUT2D eigenvalue weighted by molar-refractivity contribution is 7.99. The molecule has 0 amide bonds. The molecule has 0 unspecified atom stereocenters. The van der Waals surface area contributed by atoms with Crippen LogP contribution in [-0.4, -0.2) is 22.3 Å². The molecular formula is C7H7FN2O2S. The molecule has 6 heteroatoms. The van der Waals surface area contributed by atoms with Crippen molar-refractivity contribution in [1.29, 1.82) is 0 Å². The summed E-state index contributed by atoms with van der Waals surface area (Å²) >= 11 is 1.25. The number of halogens is 1. The Morgan fingerprint density at radius 1 is 1.77 bits per heavy atom. The molecule has 1 heterocycles. The van der Waals surface area contributed by atoms with Crippen LogP contribution in [0, 0.1) is 5.82 Å². The van der Waals surface area contributed by atoms with Crippen LogP contribution in [0.1, 0.15) is 10.4 Å². The van der Waals surface area contributed by atoms with Crippen molar-refractivity contribution in [1.82, 2.24) is 4.98 Å². The second kappa shape index (κ2) is 4.08. The van der Waals surface area contributed by atoms with E-state index >= 15 is 0 Å². The average Bonchev–Trinajstić information content (AvgIpc) is 2.08. The quantitative estimate of drug-likeness (QED) is 0.729. The van der Waals surface area contributed by atoms with E-state index in [1.54, 1.807) is 6.26 Å². The summed E-state index contributed by atoms with van der Waals surface area (Å²) in [6, 6.07) is 1.15. The summed E-state index contributed by atoms with van der Waals surface area (Å²) in [5.74, 6) is -1.81. The number of nitrogens with one attached hydrogen (secondary N) is 1. The number of aromatic carboxylic acids is 1. The highest BCUT2D eigenvalue weighted by Crippen LogP contribution is 2.13. The van der Waals surface area contributed by atoms with Gasteiger partial charge in [0.1, 0.15) is 11.4 Å². The molecule has 1 rings (SSSR count). The minimum absolute atomic E-state index is 0.325. The van der Waals surface area contributed by atoms with Gasteiger partial charge in [-0.15, -0.1) is 0 Å². The minimum Gasteiger partial charge on any atom is -0.478 e. The van der Waals surface area contributed by atoms with Gasteiger partial charge in [-0.2, -0.15) is 0 Å². The van der Waals surface area contributed by atoms with Crippen LogP contribution >= 0.6 is 11.9 Å². The van der Waals surface area contributed by atoms with Gasteiger partial charge in [0, 0.05) is 6.26 Å². The number of hydrogen-bond donors (Lipinski definition) is 2. The summed E-state index contributed by atoms with van der Waals surface area (Å²) < 4.78 is 15.5. The van der Waals surface area contributed by atoms with E-state index in [-0.39, 0.29) is 5.56 Å². The van der Waals surface area contributed by atoms with Crippen LogP contribution in [0.2, 0.25) is 0 Å². The molecule has 0 aromatic carbocycles. The van der Waals surface area contributed by atoms with Crippen LogP contribution in [0.5, 0.6) is 0 Å². The molecule has 0 fully saturated rings. The first-order valence-electron chi connectivity index (χ1n) is 3.33. The van der Waals surface area contributed by atoms with Gasteiger partial charge >= 0.3 is 5.97 Å². The van der Waals surface area contributed by atoms with E-state index in [1.165, 1.54) is 11.9 Å². The molecule has 0 bridgehead atoms. The molecule has 0 spiro atoms. The van der Waals surface area contributed by atoms with Gasteiger partial charge in [-0.3, -0.25) is 0 Å². The largest absolute Gasteiger partial charge is 0.478 e. The van der Waals surface area contributed by atoms with Crippen molar-refractivity contribution in [2.24, 2.45) is 0 Å². The highest BCUT2D eigenvalue weighted by Gasteiger charge is 2.11. The Bertz CT molecular complexity index is 332. The fourth-order valence-electron chi connectivity index (χ4n) is 0.763. The number of rotatable bonds is 3. The molecule has 0 atom stereocenters. The first-order chi connectivity index (χ1) is 6.15. The van der Waals surface area contributed by atoms with Crippen LogP contribution in [-0.2, 0) is 0 Å². The highest BCUT2D eigenvalue weighted by atomic mass is 32.2. The Morgan fingerprint density at radius 3 is 3.00 bits per heavy atom. The molecule has 0 aliphatic heterocycles. The van der Waals surface area contributed by atoms with Crippen molar-refractivity contribution in [3.63, 3.8) is 0 Å². The van der Waals surface area contributed by atoms with Gasteiger partial charge in [-0.05, 0) is 6.07 Å². The third-order valence-corrected chi connectivity index (χ3v) is 1.71. The van der Waals surface area contributed by atoms with Crippen molar-refractivity contribution in [3.05, 3.63) is 23.6 Å². The van der Waals surface area contributed by atoms with E-state index in [1.807, 2.05) is 0 Å². The summed E-state index contributed by atoms with van der Waals surface area (Å²) in [4.78, 5) is 14.1. The molecule has 0 saturated heterocycles. The van der Waals surface area contributed by atoms with Gasteiger partial charge in [0.05, 0.1) is 6.20 Å². The van der Waals surface area contributed by atoms with E-state index in [2.05, 4.69) is 9.71 Å². The third kappa shape index (κ3) is 2.32. The van der Waals surface area contributed by atoms with Gasteiger partial charge in [0.25, 0.3) is 0 Å². The Morgan fingerprint density at radius 2 is 2.46 bits per heavy atom. The fourth-order valence-corrected chi connectivity index (χ4v) is 1.08. The van der Waals surface area contributed by atoms with Crippen molar-refractivity contribution in [2.45, 2.75) is 0 Å². The SMILES string of the molecule is CSNc1cc(C(=O)O)c(F)cn1. The van der Waals surface area contributed by atoms with Gasteiger partial charge in [-0.1, -0.05) is 11.9 Å². The monoisotopic (exact) mass is 202 g/mol. The van der Waals surface area contributed by atoms with Crippen LogP contribution in [0.25, 0.3) is 0 Å². The lowest BCUT2D eigenvalue weighted by Crippen LogP contribution is -2.02. The number of aromatic nitrogens is 1. The molecule has 0 aliphatic carbocycles. The first kappa shape index (κ1) is 9.79. The molecule has 0 aliphatic rings. The molecule has 13 heavy (non-hydrogen) atoms. The van der Waals surface area contributed by atoms with Gasteiger partial charge in [0.2, 0.25) is 0 Å². The van der Waals surface area contributed by atoms with E-state index in [9.17, 15) is 9.18 Å². The van der Waals surface area contributed by atoms with Crippen LogP contribution in [0.3, 0.4) is 0 Å². The van der Waals surface area contributed by atoms with Crippen LogP contribution < -0.4 is 4.72 Å². The molecule has 1 aromatic heterocycles. The summed E-state index contributed by atoms with van der Waals surface area (Å²) in [7, 11) is 0. The zero-order valence-electron chi connectivity index (χ0n) is 6.74. The average molecular weight is 202 g/mol. The normalized spacial score (nSPS) is 9.69. The standard InChI is InChI=1S/C7H7FN2O2S/c1-13-10-6-2-4(7(11)12)5(8)3-9-6/h2-3H,1H3,(H,9,10)(H,11,12). The van der Waals surface area contributed by atoms with Gasteiger partial charge in [0.15, 0.2) is 5.82 Å². The molecule has 0 radical (unpaired) electrons. The number of carboxylic acids is 1. The Kier molecular flexibility index (Phi) is 3.07. The predicted molar refractivity (Wildman–Crippen MR) is 48.3 cm³/mol. The topological polar surface area (TPSA) is 62.2 Å². The number of hydrogen-bond acceptors (Lipinski definition) is 4. The summed E-state index contributed by atoms with van der Waals surface area (Å²) in [6.45, 7) is 0. The maximum Gasteiger partial charge on any atom is 0.338 e. The number of anilines is 1. The second-order valence-corrected chi connectivity index (χ2v) is 2.77. The lowest BCUT2D eigenvalue weighted by atomic mass is 10.2. The zero-order chi connectivity index (χ0) is 9.84. The van der Waals surface area contributed by atoms with E-state index in [0.717, 1.165) is 12.3 Å². The fraction of sp³-hybridized carbons (Fsp3) is 0.143. The number of carbonyl (C=O) groups is 1. The van der Waals surface area contributed by atoms with Gasteiger partial charge in [-0.25, -0.2) is 14.2 Å². The number of carboxylic acid groups (broad SMARTS) is 1. The summed E-state index contributed by atoms with van der Waals surface area (Å²) in [6.07, 6.45) is 2.63. The lowest BCUT2D eigenvalue weighted by molar-refractivity contribution is 0.0691. The van der Waals surface area contributed by atoms with Crippen molar-refractivity contribution in [3.8, 4) is 0 Å². The Labute approximate surface area is 78.3 Å². The third-order valence-electron chi connectivity index (χ3n) is 1.29. The Hall–Kier alpha value is -1.30. The number of nitrogens with zero attached hydrogens (tertiary/aromatic N) is 1. The van der Waals surface area contributed by atoms with E-state index in [4.69, 9.17) is 5.11 Å². The predicted octanol–water partition coefficient (Wildman–Crippen LogP) is 1.61. The summed E-state index contributed by atoms with van der Waals surface area (Å²) in [5, 5.41) is 8.56. The van der Waals surface area contributed by atoms with Crippen molar-refractivity contribution < 1.29 is 14.3 Å². The van der Waals surface area contributed by atoms with E-state index < -0.39 is 11.8 Å². The lowest BCUT2D eigenvalue weighted by Gasteiger charge is -2.02. The molecule has 4 nitrogen and oxygen atoms in total. The smallest absolute Gasteiger partial charge is 0.338 e. The van der Waals surface area contributed by atoms with E-state index in [0.29, 0.717) is 5.82 Å². The zero-order valence-corrected chi connectivity index (χ0v) is 7.56. The summed E-state index contributed by atoms with van der Waals surface area (Å²) in [5.41, 5.74) is -0.383. The molecule has 2 N–H and O–H groups in total. The maximum absolute atomic E-state index is 12.8. The Balaban J connectivity index is 3.04. The molecule has 70 valence electrons. The maximum atomic E-state index is 12.8. The van der Waals surface area contributed by atoms with Crippen LogP contribution in [0.15, 0.2) is 12.3 Å². The second-order valence-electron chi connectivity index (χ2n) is 2.16.